The van der Waals surface area contributed by atoms with Crippen molar-refractivity contribution in [2.45, 2.75) is 12.3 Å². The fraction of sp³-hybridized carbons (Fsp3) is 0.364. The van der Waals surface area contributed by atoms with Gasteiger partial charge in [-0.25, -0.2) is 4.98 Å². The number of piperidine rings is 1. The number of nitrogens with one attached hydrogen (secondary N) is 2. The van der Waals surface area contributed by atoms with Gasteiger partial charge in [0.25, 0.3) is 5.56 Å². The highest BCUT2D eigenvalue weighted by molar-refractivity contribution is 7.18. The van der Waals surface area contributed by atoms with E-state index >= 15 is 0 Å². The molecule has 1 atom stereocenters. The minimum atomic E-state index is -0.145. The minimum absolute atomic E-state index is 0.123. The lowest BCUT2D eigenvalue weighted by atomic mass is 9.96. The van der Waals surface area contributed by atoms with Crippen LogP contribution in [0.5, 0.6) is 0 Å². The van der Waals surface area contributed by atoms with Crippen LogP contribution in [0.15, 0.2) is 17.2 Å². The van der Waals surface area contributed by atoms with Gasteiger partial charge >= 0.3 is 0 Å². The molecule has 0 aromatic carbocycles. The molecule has 17 heavy (non-hydrogen) atoms. The van der Waals surface area contributed by atoms with Crippen LogP contribution in [0, 0.1) is 0 Å². The summed E-state index contributed by atoms with van der Waals surface area (Å²) in [6.07, 6.45) is 1.95. The van der Waals surface area contributed by atoms with Crippen molar-refractivity contribution in [2.75, 3.05) is 13.1 Å². The first-order chi connectivity index (χ1) is 8.25. The zero-order valence-corrected chi connectivity index (χ0v) is 9.84. The number of aromatic nitrogens is 2. The van der Waals surface area contributed by atoms with Crippen molar-refractivity contribution in [1.82, 2.24) is 15.3 Å². The molecule has 3 heterocycles. The minimum Gasteiger partial charge on any atom is -0.315 e. The zero-order valence-electron chi connectivity index (χ0n) is 9.03. The number of nitrogens with zero attached hydrogens (tertiary/aromatic N) is 1. The molecule has 1 aliphatic heterocycles. The van der Waals surface area contributed by atoms with Gasteiger partial charge in [-0.3, -0.25) is 9.59 Å². The van der Waals surface area contributed by atoms with Gasteiger partial charge in [-0.15, -0.1) is 11.3 Å². The Hall–Kier alpha value is -1.53. The monoisotopic (exact) mass is 249 g/mol. The fourth-order valence-corrected chi connectivity index (χ4v) is 3.19. The van der Waals surface area contributed by atoms with E-state index in [1.807, 2.05) is 0 Å². The number of Topliss-reactive ketones (excluding diaryl/α,β-unsaturated/α-hetero) is 1. The van der Waals surface area contributed by atoms with E-state index in [0.29, 0.717) is 23.2 Å². The maximum Gasteiger partial charge on any atom is 0.259 e. The highest BCUT2D eigenvalue weighted by Gasteiger charge is 2.25. The molecular weight excluding hydrogens is 238 g/mol. The van der Waals surface area contributed by atoms with Crippen molar-refractivity contribution in [3.05, 3.63) is 27.6 Å². The quantitative estimate of drug-likeness (QED) is 0.777. The van der Waals surface area contributed by atoms with Crippen LogP contribution in [-0.2, 0) is 4.79 Å². The molecule has 1 saturated heterocycles. The molecule has 5 nitrogen and oxygen atoms in total. The van der Waals surface area contributed by atoms with Crippen molar-refractivity contribution < 1.29 is 4.79 Å². The molecule has 1 aliphatic rings. The second-order valence-electron chi connectivity index (χ2n) is 4.07. The lowest BCUT2D eigenvalue weighted by Crippen LogP contribution is -2.34. The van der Waals surface area contributed by atoms with Crippen LogP contribution in [0.3, 0.4) is 0 Å². The van der Waals surface area contributed by atoms with Gasteiger partial charge in [-0.2, -0.15) is 0 Å². The van der Waals surface area contributed by atoms with Crippen LogP contribution in [0.25, 0.3) is 10.2 Å². The molecule has 0 aliphatic carbocycles. The van der Waals surface area contributed by atoms with Crippen molar-refractivity contribution in [3.8, 4) is 0 Å². The number of H-pyrrole nitrogens is 1. The van der Waals surface area contributed by atoms with E-state index < -0.39 is 0 Å². The predicted octanol–water partition coefficient (Wildman–Crippen LogP) is 0.631. The first kappa shape index (κ1) is 10.6. The van der Waals surface area contributed by atoms with Crippen LogP contribution in [0.2, 0.25) is 0 Å². The Balaban J connectivity index is 2.09. The molecule has 1 unspecified atom stereocenters. The summed E-state index contributed by atoms with van der Waals surface area (Å²) in [6, 6.07) is 1.79. The third-order valence-corrected chi connectivity index (χ3v) is 4.14. The SMILES string of the molecule is O=C1CCNCC1c1cc2c(=O)[nH]cnc2s1. The van der Waals surface area contributed by atoms with E-state index in [-0.39, 0.29) is 17.3 Å². The number of carbonyl (C=O) groups is 1. The highest BCUT2D eigenvalue weighted by atomic mass is 32.1. The largest absolute Gasteiger partial charge is 0.315 e. The van der Waals surface area contributed by atoms with Gasteiger partial charge in [-0.1, -0.05) is 0 Å². The second kappa shape index (κ2) is 4.05. The molecule has 2 N–H and O–H groups in total. The average Bonchev–Trinajstić information content (AvgIpc) is 2.75. The van der Waals surface area contributed by atoms with Gasteiger partial charge in [0.2, 0.25) is 0 Å². The van der Waals surface area contributed by atoms with Crippen molar-refractivity contribution in [2.24, 2.45) is 0 Å². The van der Waals surface area contributed by atoms with Crippen molar-refractivity contribution in [1.29, 1.82) is 0 Å². The van der Waals surface area contributed by atoms with E-state index in [0.717, 1.165) is 11.4 Å². The first-order valence-corrected chi connectivity index (χ1v) is 6.28. The molecule has 0 radical (unpaired) electrons. The van der Waals surface area contributed by atoms with Gasteiger partial charge in [0.05, 0.1) is 17.6 Å². The Kier molecular flexibility index (Phi) is 2.53. The number of carbonyl (C=O) groups excluding carboxylic acids is 1. The van der Waals surface area contributed by atoms with Gasteiger partial charge < -0.3 is 10.3 Å². The Bertz CT molecular complexity index is 631. The summed E-state index contributed by atoms with van der Waals surface area (Å²) in [5, 5.41) is 3.78. The number of ketones is 1. The van der Waals surface area contributed by atoms with E-state index in [4.69, 9.17) is 0 Å². The molecule has 0 amide bonds. The molecule has 3 rings (SSSR count). The summed E-state index contributed by atoms with van der Waals surface area (Å²) in [6.45, 7) is 1.41. The van der Waals surface area contributed by atoms with E-state index in [1.165, 1.54) is 17.7 Å². The standard InChI is InChI=1S/C11H11N3O2S/c15-8-1-2-12-4-7(8)9-3-6-10(16)13-5-14-11(6)17-9/h3,5,7,12H,1-2,4H2,(H,13,14,16). The first-order valence-electron chi connectivity index (χ1n) is 5.46. The lowest BCUT2D eigenvalue weighted by molar-refractivity contribution is -0.121. The summed E-state index contributed by atoms with van der Waals surface area (Å²) in [7, 11) is 0. The van der Waals surface area contributed by atoms with Gasteiger partial charge in [-0.05, 0) is 6.07 Å². The summed E-state index contributed by atoms with van der Waals surface area (Å²) < 4.78 is 0. The molecule has 2 aromatic rings. The summed E-state index contributed by atoms with van der Waals surface area (Å²) >= 11 is 1.43. The topological polar surface area (TPSA) is 74.8 Å². The third-order valence-electron chi connectivity index (χ3n) is 2.98. The predicted molar refractivity (Wildman–Crippen MR) is 65.5 cm³/mol. The second-order valence-corrected chi connectivity index (χ2v) is 5.13. The summed E-state index contributed by atoms with van der Waals surface area (Å²) in [4.78, 5) is 31.7. The van der Waals surface area contributed by atoms with E-state index in [9.17, 15) is 9.59 Å². The Morgan fingerprint density at radius 2 is 2.29 bits per heavy atom. The van der Waals surface area contributed by atoms with Gasteiger partial charge in [0.15, 0.2) is 0 Å². The summed E-state index contributed by atoms with van der Waals surface area (Å²) in [5.74, 6) is 0.120. The number of thiophene rings is 1. The lowest BCUT2D eigenvalue weighted by Gasteiger charge is -2.20. The molecule has 88 valence electrons. The zero-order chi connectivity index (χ0) is 11.8. The Morgan fingerprint density at radius 3 is 3.06 bits per heavy atom. The molecule has 0 spiro atoms. The average molecular weight is 249 g/mol. The van der Waals surface area contributed by atoms with Gasteiger partial charge in [0, 0.05) is 24.4 Å². The molecule has 2 aromatic heterocycles. The number of hydrogen-bond acceptors (Lipinski definition) is 5. The highest BCUT2D eigenvalue weighted by Crippen LogP contribution is 2.29. The fourth-order valence-electron chi connectivity index (χ4n) is 2.06. The van der Waals surface area contributed by atoms with Crippen LogP contribution in [-0.4, -0.2) is 28.8 Å². The normalized spacial score (nSPS) is 20.9. The van der Waals surface area contributed by atoms with Crippen LogP contribution in [0.1, 0.15) is 17.2 Å². The van der Waals surface area contributed by atoms with Gasteiger partial charge in [0.1, 0.15) is 10.6 Å². The molecule has 0 saturated carbocycles. The van der Waals surface area contributed by atoms with Crippen LogP contribution < -0.4 is 10.9 Å². The molecule has 6 heteroatoms. The molecule has 0 bridgehead atoms. The number of aromatic amines is 1. The number of rotatable bonds is 1. The number of hydrogen-bond donors (Lipinski definition) is 2. The molecular formula is C11H11N3O2S. The Labute approximate surface area is 101 Å². The molecule has 1 fully saturated rings. The van der Waals surface area contributed by atoms with Crippen molar-refractivity contribution in [3.63, 3.8) is 0 Å². The maximum absolute atomic E-state index is 11.8. The number of fused-ring (bicyclic) bond motifs is 1. The van der Waals surface area contributed by atoms with Crippen molar-refractivity contribution >= 4 is 27.3 Å². The maximum atomic E-state index is 11.8. The van der Waals surface area contributed by atoms with Crippen LogP contribution >= 0.6 is 11.3 Å². The van der Waals surface area contributed by atoms with E-state index in [2.05, 4.69) is 15.3 Å². The Morgan fingerprint density at radius 1 is 1.41 bits per heavy atom. The summed E-state index contributed by atoms with van der Waals surface area (Å²) in [5.41, 5.74) is -0.145. The van der Waals surface area contributed by atoms with E-state index in [1.54, 1.807) is 6.07 Å². The third kappa shape index (κ3) is 1.79. The van der Waals surface area contributed by atoms with Crippen LogP contribution in [0.4, 0.5) is 0 Å². The smallest absolute Gasteiger partial charge is 0.259 e.